The normalized spacial score (nSPS) is 40.2. The fraction of sp³-hybridized carbons (Fsp3) is 0.875. The molecule has 4 nitrogen and oxygen atoms in total. The van der Waals surface area contributed by atoms with E-state index in [-0.39, 0.29) is 6.04 Å². The Bertz CT molecular complexity index is 456. The van der Waals surface area contributed by atoms with Gasteiger partial charge < -0.3 is 10.3 Å². The lowest BCUT2D eigenvalue weighted by Gasteiger charge is -2.55. The van der Waals surface area contributed by atoms with Crippen LogP contribution < -0.4 is 5.73 Å². The monoisotopic (exact) mass is 275 g/mol. The van der Waals surface area contributed by atoms with Gasteiger partial charge >= 0.3 is 0 Å². The van der Waals surface area contributed by atoms with Crippen LogP contribution in [-0.4, -0.2) is 10.1 Å². The molecule has 20 heavy (non-hydrogen) atoms. The van der Waals surface area contributed by atoms with E-state index in [2.05, 4.69) is 17.1 Å². The molecule has 0 aromatic carbocycles. The van der Waals surface area contributed by atoms with Crippen LogP contribution in [0.15, 0.2) is 4.52 Å². The highest BCUT2D eigenvalue weighted by Crippen LogP contribution is 2.58. The second-order valence-corrected chi connectivity index (χ2v) is 7.33. The van der Waals surface area contributed by atoms with E-state index in [4.69, 9.17) is 10.3 Å². The lowest BCUT2D eigenvalue weighted by molar-refractivity contribution is -0.0508. The Morgan fingerprint density at radius 2 is 1.80 bits per heavy atom. The van der Waals surface area contributed by atoms with Gasteiger partial charge in [-0.15, -0.1) is 0 Å². The summed E-state index contributed by atoms with van der Waals surface area (Å²) in [5.41, 5.74) is 6.53. The van der Waals surface area contributed by atoms with E-state index >= 15 is 0 Å². The second-order valence-electron chi connectivity index (χ2n) is 7.33. The van der Waals surface area contributed by atoms with Crippen LogP contribution in [0, 0.1) is 29.6 Å². The molecule has 0 radical (unpaired) electrons. The van der Waals surface area contributed by atoms with Gasteiger partial charge in [-0.1, -0.05) is 12.1 Å². The van der Waals surface area contributed by atoms with Crippen molar-refractivity contribution in [2.24, 2.45) is 35.3 Å². The summed E-state index contributed by atoms with van der Waals surface area (Å²) in [7, 11) is 0. The van der Waals surface area contributed by atoms with E-state index in [1.54, 1.807) is 0 Å². The first kappa shape index (κ1) is 12.8. The van der Waals surface area contributed by atoms with Gasteiger partial charge in [-0.25, -0.2) is 0 Å². The first-order valence-electron chi connectivity index (χ1n) is 8.32. The zero-order valence-electron chi connectivity index (χ0n) is 12.3. The van der Waals surface area contributed by atoms with E-state index in [0.29, 0.717) is 11.8 Å². The van der Waals surface area contributed by atoms with Gasteiger partial charge in [0, 0.05) is 6.42 Å². The molecule has 4 fully saturated rings. The highest BCUT2D eigenvalue weighted by atomic mass is 16.5. The Morgan fingerprint density at radius 1 is 1.15 bits per heavy atom. The average Bonchev–Trinajstić information content (AvgIpc) is 2.86. The summed E-state index contributed by atoms with van der Waals surface area (Å²) in [4.78, 5) is 4.53. The second kappa shape index (κ2) is 4.83. The largest absolute Gasteiger partial charge is 0.338 e. The molecule has 0 saturated heterocycles. The van der Waals surface area contributed by atoms with E-state index in [1.165, 1.54) is 32.1 Å². The minimum atomic E-state index is -0.0388. The number of nitrogens with two attached hydrogens (primary N) is 1. The third-order valence-electron chi connectivity index (χ3n) is 5.96. The van der Waals surface area contributed by atoms with Crippen LogP contribution in [0.25, 0.3) is 0 Å². The van der Waals surface area contributed by atoms with Crippen LogP contribution in [-0.2, 0) is 6.42 Å². The third kappa shape index (κ3) is 2.00. The van der Waals surface area contributed by atoms with Gasteiger partial charge in [0.05, 0.1) is 6.04 Å². The highest BCUT2D eigenvalue weighted by molar-refractivity contribution is 5.05. The molecular weight excluding hydrogens is 250 g/mol. The molecule has 4 aliphatic rings. The Kier molecular flexibility index (Phi) is 3.09. The lowest BCUT2D eigenvalue weighted by atomic mass is 9.50. The van der Waals surface area contributed by atoms with Gasteiger partial charge in [0.15, 0.2) is 5.82 Å². The Labute approximate surface area is 120 Å². The van der Waals surface area contributed by atoms with E-state index in [9.17, 15) is 0 Å². The zero-order valence-corrected chi connectivity index (χ0v) is 12.3. The van der Waals surface area contributed by atoms with Gasteiger partial charge in [-0.05, 0) is 68.1 Å². The molecule has 0 aliphatic heterocycles. The molecule has 1 atom stereocenters. The zero-order chi connectivity index (χ0) is 13.7. The summed E-state index contributed by atoms with van der Waals surface area (Å²) >= 11 is 0. The van der Waals surface area contributed by atoms with Crippen molar-refractivity contribution in [2.45, 2.75) is 57.9 Å². The molecule has 4 aliphatic carbocycles. The van der Waals surface area contributed by atoms with Crippen LogP contribution in [0.3, 0.4) is 0 Å². The molecule has 5 rings (SSSR count). The predicted octanol–water partition coefficient (Wildman–Crippen LogP) is 3.09. The van der Waals surface area contributed by atoms with Crippen molar-refractivity contribution in [1.82, 2.24) is 10.1 Å². The Morgan fingerprint density at radius 3 is 2.40 bits per heavy atom. The summed E-state index contributed by atoms with van der Waals surface area (Å²) in [5, 5.41) is 4.07. The molecule has 110 valence electrons. The van der Waals surface area contributed by atoms with Crippen molar-refractivity contribution >= 4 is 0 Å². The van der Waals surface area contributed by atoms with Crippen LogP contribution in [0.5, 0.6) is 0 Å². The van der Waals surface area contributed by atoms with Gasteiger partial charge in [-0.3, -0.25) is 0 Å². The maximum atomic E-state index is 6.53. The molecule has 1 aromatic heterocycles. The molecule has 4 bridgehead atoms. The molecule has 4 heteroatoms. The summed E-state index contributed by atoms with van der Waals surface area (Å²) in [6.07, 6.45) is 8.98. The van der Waals surface area contributed by atoms with Crippen LogP contribution in [0.4, 0.5) is 0 Å². The van der Waals surface area contributed by atoms with Crippen molar-refractivity contribution in [3.63, 3.8) is 0 Å². The molecule has 0 spiro atoms. The number of nitrogens with zero attached hydrogens (tertiary/aromatic N) is 2. The number of hydrogen-bond donors (Lipinski definition) is 1. The van der Waals surface area contributed by atoms with E-state index < -0.39 is 0 Å². The van der Waals surface area contributed by atoms with E-state index in [1.807, 2.05) is 0 Å². The summed E-state index contributed by atoms with van der Waals surface area (Å²) in [6, 6.07) is -0.0388. The average molecular weight is 275 g/mol. The van der Waals surface area contributed by atoms with Gasteiger partial charge in [0.2, 0.25) is 5.89 Å². The summed E-state index contributed by atoms with van der Waals surface area (Å²) in [6.45, 7) is 2.13. The molecule has 1 heterocycles. The van der Waals surface area contributed by atoms with Crippen LogP contribution >= 0.6 is 0 Å². The van der Waals surface area contributed by atoms with E-state index in [0.717, 1.165) is 42.3 Å². The minimum Gasteiger partial charge on any atom is -0.338 e. The first-order chi connectivity index (χ1) is 9.74. The van der Waals surface area contributed by atoms with Crippen molar-refractivity contribution in [2.75, 3.05) is 0 Å². The molecular formula is C16H25N3O. The lowest BCUT2D eigenvalue weighted by Crippen LogP contribution is -2.48. The number of aryl methyl sites for hydroxylation is 1. The molecule has 2 N–H and O–H groups in total. The van der Waals surface area contributed by atoms with Crippen molar-refractivity contribution in [3.8, 4) is 0 Å². The highest BCUT2D eigenvalue weighted by Gasteiger charge is 2.51. The number of rotatable bonds is 4. The van der Waals surface area contributed by atoms with Crippen molar-refractivity contribution in [1.29, 1.82) is 0 Å². The summed E-state index contributed by atoms with van der Waals surface area (Å²) < 4.78 is 5.45. The molecule has 1 unspecified atom stereocenters. The maximum Gasteiger partial charge on any atom is 0.243 e. The van der Waals surface area contributed by atoms with Crippen molar-refractivity contribution in [3.05, 3.63) is 11.7 Å². The SMILES string of the molecule is CCCc1noc(C(N)C2C3CC4CC(C3)CC2C4)n1. The fourth-order valence-electron chi connectivity index (χ4n) is 5.45. The van der Waals surface area contributed by atoms with Crippen LogP contribution in [0.2, 0.25) is 0 Å². The number of hydrogen-bond acceptors (Lipinski definition) is 4. The molecule has 0 amide bonds. The standard InChI is InChI=1S/C16H25N3O/c1-2-3-13-18-16(20-19-13)15(17)14-11-5-9-4-10(7-11)8-12(14)6-9/h9-12,14-15H,2-8,17H2,1H3. The number of aromatic nitrogens is 2. The minimum absolute atomic E-state index is 0.0388. The quantitative estimate of drug-likeness (QED) is 0.917. The summed E-state index contributed by atoms with van der Waals surface area (Å²) in [5.74, 6) is 5.68. The molecule has 4 saturated carbocycles. The topological polar surface area (TPSA) is 64.9 Å². The molecule has 1 aromatic rings. The Hall–Kier alpha value is -0.900. The predicted molar refractivity (Wildman–Crippen MR) is 75.8 cm³/mol. The van der Waals surface area contributed by atoms with Gasteiger partial charge in [-0.2, -0.15) is 4.98 Å². The van der Waals surface area contributed by atoms with Crippen molar-refractivity contribution < 1.29 is 4.52 Å². The first-order valence-corrected chi connectivity index (χ1v) is 8.32. The smallest absolute Gasteiger partial charge is 0.243 e. The van der Waals surface area contributed by atoms with Crippen LogP contribution in [0.1, 0.15) is 63.2 Å². The fourth-order valence-corrected chi connectivity index (χ4v) is 5.45. The van der Waals surface area contributed by atoms with Gasteiger partial charge in [0.1, 0.15) is 0 Å². The maximum absolute atomic E-state index is 6.53. The third-order valence-corrected chi connectivity index (χ3v) is 5.96. The Balaban J connectivity index is 1.54. The van der Waals surface area contributed by atoms with Gasteiger partial charge in [0.25, 0.3) is 0 Å².